The Balaban J connectivity index is 2.31. The molecule has 68 valence electrons. The van der Waals surface area contributed by atoms with E-state index in [0.717, 1.165) is 19.3 Å². The third kappa shape index (κ3) is 2.97. The topological polar surface area (TPSA) is 29.1 Å². The number of hydrogen-bond donors (Lipinski definition) is 1. The number of amides is 1. The molecule has 3 heteroatoms. The van der Waals surface area contributed by atoms with Gasteiger partial charge in [-0.1, -0.05) is 28.1 Å². The molecule has 1 aliphatic rings. The van der Waals surface area contributed by atoms with Crippen molar-refractivity contribution in [2.75, 3.05) is 0 Å². The number of halogens is 1. The Hall–Kier alpha value is -0.310. The molecule has 0 aliphatic heterocycles. The van der Waals surface area contributed by atoms with E-state index in [4.69, 9.17) is 0 Å². The second-order valence-electron chi connectivity index (χ2n) is 3.11. The summed E-state index contributed by atoms with van der Waals surface area (Å²) in [5.41, 5.74) is 0. The van der Waals surface area contributed by atoms with E-state index >= 15 is 0 Å². The normalized spacial score (nSPS) is 25.0. The lowest BCUT2D eigenvalue weighted by Crippen LogP contribution is -2.38. The van der Waals surface area contributed by atoms with Gasteiger partial charge in [0.1, 0.15) is 0 Å². The second-order valence-corrected chi connectivity index (χ2v) is 4.48. The van der Waals surface area contributed by atoms with Gasteiger partial charge in [0.25, 0.3) is 0 Å². The largest absolute Gasteiger partial charge is 0.352 e. The highest BCUT2D eigenvalue weighted by Crippen LogP contribution is 2.11. The molecule has 0 heterocycles. The number of rotatable bonds is 2. The first-order valence-electron chi connectivity index (χ1n) is 4.29. The number of alkyl halides is 1. The van der Waals surface area contributed by atoms with Gasteiger partial charge in [-0.05, 0) is 26.2 Å². The monoisotopic (exact) mass is 231 g/mol. The van der Waals surface area contributed by atoms with Crippen LogP contribution in [0.25, 0.3) is 0 Å². The molecule has 0 radical (unpaired) electrons. The molecule has 1 N–H and O–H groups in total. The highest BCUT2D eigenvalue weighted by Gasteiger charge is 2.15. The SMILES string of the molecule is CC(Br)C(=O)NC1CC=CCC1. The van der Waals surface area contributed by atoms with Gasteiger partial charge in [-0.15, -0.1) is 0 Å². The molecule has 0 saturated carbocycles. The van der Waals surface area contributed by atoms with E-state index in [-0.39, 0.29) is 10.7 Å². The predicted molar refractivity (Wildman–Crippen MR) is 53.3 cm³/mol. The summed E-state index contributed by atoms with van der Waals surface area (Å²) in [6.45, 7) is 1.84. The maximum Gasteiger partial charge on any atom is 0.233 e. The van der Waals surface area contributed by atoms with Crippen molar-refractivity contribution < 1.29 is 4.79 Å². The predicted octanol–water partition coefficient (Wildman–Crippen LogP) is 1.99. The summed E-state index contributed by atoms with van der Waals surface area (Å²) in [7, 11) is 0. The Morgan fingerprint density at radius 3 is 2.92 bits per heavy atom. The summed E-state index contributed by atoms with van der Waals surface area (Å²) in [6, 6.07) is 0.350. The van der Waals surface area contributed by atoms with Crippen LogP contribution in [-0.4, -0.2) is 16.8 Å². The Labute approximate surface area is 81.5 Å². The minimum atomic E-state index is -0.0802. The molecule has 0 aromatic heterocycles. The summed E-state index contributed by atoms with van der Waals surface area (Å²) >= 11 is 3.24. The summed E-state index contributed by atoms with van der Waals surface area (Å²) in [4.78, 5) is 11.1. The summed E-state index contributed by atoms with van der Waals surface area (Å²) < 4.78 is 0. The van der Waals surface area contributed by atoms with Crippen molar-refractivity contribution in [1.29, 1.82) is 0 Å². The molecule has 0 aromatic rings. The van der Waals surface area contributed by atoms with Gasteiger partial charge in [-0.2, -0.15) is 0 Å². The molecular weight excluding hydrogens is 218 g/mol. The standard InChI is InChI=1S/C9H14BrNO/c1-7(10)9(12)11-8-5-3-2-4-6-8/h2-3,7-8H,4-6H2,1H3,(H,11,12). The van der Waals surface area contributed by atoms with Crippen LogP contribution >= 0.6 is 15.9 Å². The fraction of sp³-hybridized carbons (Fsp3) is 0.667. The van der Waals surface area contributed by atoms with E-state index in [1.54, 1.807) is 0 Å². The highest BCUT2D eigenvalue weighted by molar-refractivity contribution is 9.10. The van der Waals surface area contributed by atoms with Crippen molar-refractivity contribution in [3.8, 4) is 0 Å². The zero-order valence-corrected chi connectivity index (χ0v) is 8.80. The minimum Gasteiger partial charge on any atom is -0.352 e. The third-order valence-corrected chi connectivity index (χ3v) is 2.39. The molecule has 0 fully saturated rings. The smallest absolute Gasteiger partial charge is 0.233 e. The molecule has 0 bridgehead atoms. The van der Waals surface area contributed by atoms with Crippen LogP contribution in [0.4, 0.5) is 0 Å². The zero-order valence-electron chi connectivity index (χ0n) is 7.22. The first-order valence-corrected chi connectivity index (χ1v) is 5.21. The summed E-state index contributed by atoms with van der Waals surface area (Å²) in [5.74, 6) is 0.0929. The maximum atomic E-state index is 11.2. The zero-order chi connectivity index (χ0) is 8.97. The number of nitrogens with one attached hydrogen (secondary N) is 1. The van der Waals surface area contributed by atoms with E-state index in [9.17, 15) is 4.79 Å². The van der Waals surface area contributed by atoms with Gasteiger partial charge in [0.2, 0.25) is 5.91 Å². The van der Waals surface area contributed by atoms with Crippen molar-refractivity contribution >= 4 is 21.8 Å². The lowest BCUT2D eigenvalue weighted by molar-refractivity contribution is -0.120. The van der Waals surface area contributed by atoms with Crippen LogP contribution in [0.5, 0.6) is 0 Å². The third-order valence-electron chi connectivity index (χ3n) is 1.98. The van der Waals surface area contributed by atoms with Gasteiger partial charge in [-0.3, -0.25) is 4.79 Å². The first-order chi connectivity index (χ1) is 5.70. The molecule has 1 aliphatic carbocycles. The maximum absolute atomic E-state index is 11.2. The van der Waals surface area contributed by atoms with E-state index in [1.807, 2.05) is 6.92 Å². The summed E-state index contributed by atoms with van der Waals surface area (Å²) in [6.07, 6.45) is 7.43. The minimum absolute atomic E-state index is 0.0802. The number of allylic oxidation sites excluding steroid dienone is 1. The molecule has 0 saturated heterocycles. The lowest BCUT2D eigenvalue weighted by atomic mass is 10.0. The molecule has 2 atom stereocenters. The molecule has 1 amide bonds. The van der Waals surface area contributed by atoms with Crippen molar-refractivity contribution in [3.05, 3.63) is 12.2 Å². The summed E-state index contributed by atoms with van der Waals surface area (Å²) in [5, 5.41) is 2.98. The van der Waals surface area contributed by atoms with Gasteiger partial charge in [0, 0.05) is 6.04 Å². The molecule has 0 spiro atoms. The van der Waals surface area contributed by atoms with Crippen LogP contribution in [0.2, 0.25) is 0 Å². The average Bonchev–Trinajstić information content (AvgIpc) is 2.06. The fourth-order valence-corrected chi connectivity index (χ4v) is 1.37. The highest BCUT2D eigenvalue weighted by atomic mass is 79.9. The van der Waals surface area contributed by atoms with Crippen LogP contribution < -0.4 is 5.32 Å². The van der Waals surface area contributed by atoms with E-state index in [2.05, 4.69) is 33.4 Å². The van der Waals surface area contributed by atoms with Crippen molar-refractivity contribution in [1.82, 2.24) is 5.32 Å². The molecular formula is C9H14BrNO. The van der Waals surface area contributed by atoms with Crippen LogP contribution in [-0.2, 0) is 4.79 Å². The van der Waals surface area contributed by atoms with Crippen molar-refractivity contribution in [2.24, 2.45) is 0 Å². The van der Waals surface area contributed by atoms with E-state index in [1.165, 1.54) is 0 Å². The Morgan fingerprint density at radius 1 is 1.67 bits per heavy atom. The lowest BCUT2D eigenvalue weighted by Gasteiger charge is -2.19. The Bertz CT molecular complexity index is 189. The van der Waals surface area contributed by atoms with Gasteiger partial charge < -0.3 is 5.32 Å². The Kier molecular flexibility index (Phi) is 3.79. The number of hydrogen-bond acceptors (Lipinski definition) is 1. The number of carbonyl (C=O) groups excluding carboxylic acids is 1. The van der Waals surface area contributed by atoms with Crippen LogP contribution in [0.1, 0.15) is 26.2 Å². The number of carbonyl (C=O) groups is 1. The molecule has 12 heavy (non-hydrogen) atoms. The van der Waals surface area contributed by atoms with Crippen LogP contribution in [0, 0.1) is 0 Å². The van der Waals surface area contributed by atoms with Gasteiger partial charge >= 0.3 is 0 Å². The Morgan fingerprint density at radius 2 is 2.42 bits per heavy atom. The quantitative estimate of drug-likeness (QED) is 0.572. The average molecular weight is 232 g/mol. The van der Waals surface area contributed by atoms with Gasteiger partial charge in [0.05, 0.1) is 4.83 Å². The first kappa shape index (κ1) is 9.78. The van der Waals surface area contributed by atoms with Crippen LogP contribution in [0.3, 0.4) is 0 Å². The van der Waals surface area contributed by atoms with E-state index < -0.39 is 0 Å². The second kappa shape index (κ2) is 4.65. The molecule has 0 aromatic carbocycles. The van der Waals surface area contributed by atoms with Crippen molar-refractivity contribution in [2.45, 2.75) is 37.1 Å². The van der Waals surface area contributed by atoms with E-state index in [0.29, 0.717) is 6.04 Å². The van der Waals surface area contributed by atoms with Crippen LogP contribution in [0.15, 0.2) is 12.2 Å². The molecule has 2 unspecified atom stereocenters. The molecule has 2 nitrogen and oxygen atoms in total. The molecule has 1 rings (SSSR count). The fourth-order valence-electron chi connectivity index (χ4n) is 1.24. The van der Waals surface area contributed by atoms with Crippen molar-refractivity contribution in [3.63, 3.8) is 0 Å². The van der Waals surface area contributed by atoms with Gasteiger partial charge in [-0.25, -0.2) is 0 Å². The van der Waals surface area contributed by atoms with Gasteiger partial charge in [0.15, 0.2) is 0 Å².